The summed E-state index contributed by atoms with van der Waals surface area (Å²) in [7, 11) is 0. The molecule has 0 aliphatic rings. The lowest BCUT2D eigenvalue weighted by Crippen LogP contribution is -2.11. The van der Waals surface area contributed by atoms with Crippen LogP contribution in [0.5, 0.6) is 5.88 Å². The maximum atomic E-state index is 11.8. The number of hydrogen-bond donors (Lipinski definition) is 1. The molecule has 0 atom stereocenters. The Bertz CT molecular complexity index is 939. The second-order valence-corrected chi connectivity index (χ2v) is 5.21. The van der Waals surface area contributed by atoms with Crippen LogP contribution in [0.2, 0.25) is 0 Å². The van der Waals surface area contributed by atoms with Gasteiger partial charge in [0.1, 0.15) is 6.61 Å². The first-order valence-corrected chi connectivity index (χ1v) is 7.93. The van der Waals surface area contributed by atoms with E-state index in [0.717, 1.165) is 5.56 Å². The van der Waals surface area contributed by atoms with Crippen LogP contribution in [0, 0.1) is 0 Å². The lowest BCUT2D eigenvalue weighted by molar-refractivity contribution is 0.0526. The second kappa shape index (κ2) is 8.02. The summed E-state index contributed by atoms with van der Waals surface area (Å²) in [6.45, 7) is 2.27. The molecule has 132 valence electrons. The Hall–Kier alpha value is -3.55. The molecule has 0 radical (unpaired) electrons. The quantitative estimate of drug-likeness (QED) is 0.676. The first-order chi connectivity index (χ1) is 12.7. The van der Waals surface area contributed by atoms with Crippen LogP contribution in [-0.2, 0) is 11.3 Å². The standard InChI is InChI=1S/C18H16N4O4/c1-2-25-18(24)13-6-4-12(5-7-13)11-26-15-10-14(23)21-17(22-15)16-19-8-3-9-20-16/h3-10H,2,11H2,1H3,(H,21,22,23). The second-order valence-electron chi connectivity index (χ2n) is 5.21. The summed E-state index contributed by atoms with van der Waals surface area (Å²) < 4.78 is 10.5. The van der Waals surface area contributed by atoms with E-state index in [4.69, 9.17) is 9.47 Å². The smallest absolute Gasteiger partial charge is 0.338 e. The molecule has 26 heavy (non-hydrogen) atoms. The number of esters is 1. The van der Waals surface area contributed by atoms with Gasteiger partial charge in [0.15, 0.2) is 11.6 Å². The number of carbonyl (C=O) groups excluding carboxylic acids is 1. The molecule has 0 fully saturated rings. The Morgan fingerprint density at radius 3 is 2.58 bits per heavy atom. The third kappa shape index (κ3) is 4.29. The van der Waals surface area contributed by atoms with Crippen molar-refractivity contribution in [3.63, 3.8) is 0 Å². The number of rotatable bonds is 6. The van der Waals surface area contributed by atoms with E-state index in [9.17, 15) is 9.59 Å². The van der Waals surface area contributed by atoms with E-state index in [1.54, 1.807) is 49.6 Å². The third-order valence-corrected chi connectivity index (χ3v) is 3.35. The number of ether oxygens (including phenoxy) is 2. The maximum Gasteiger partial charge on any atom is 0.338 e. The SMILES string of the molecule is CCOC(=O)c1ccc(COc2cc(=O)[nH]c(-c3ncccn3)n2)cc1. The largest absolute Gasteiger partial charge is 0.473 e. The fourth-order valence-electron chi connectivity index (χ4n) is 2.15. The molecule has 0 aliphatic heterocycles. The molecule has 0 saturated carbocycles. The van der Waals surface area contributed by atoms with Gasteiger partial charge in [-0.1, -0.05) is 12.1 Å². The highest BCUT2D eigenvalue weighted by Crippen LogP contribution is 2.13. The predicted octanol–water partition coefficient (Wildman–Crippen LogP) is 1.98. The van der Waals surface area contributed by atoms with Crippen molar-refractivity contribution in [1.29, 1.82) is 0 Å². The average Bonchev–Trinajstić information content (AvgIpc) is 2.67. The van der Waals surface area contributed by atoms with E-state index in [2.05, 4.69) is 19.9 Å². The lowest BCUT2D eigenvalue weighted by atomic mass is 10.1. The fourth-order valence-corrected chi connectivity index (χ4v) is 2.15. The predicted molar refractivity (Wildman–Crippen MR) is 92.6 cm³/mol. The van der Waals surface area contributed by atoms with Crippen molar-refractivity contribution in [2.45, 2.75) is 13.5 Å². The first kappa shape index (κ1) is 17.3. The monoisotopic (exact) mass is 352 g/mol. The van der Waals surface area contributed by atoms with Crippen molar-refractivity contribution in [3.8, 4) is 17.5 Å². The van der Waals surface area contributed by atoms with Crippen molar-refractivity contribution >= 4 is 5.97 Å². The van der Waals surface area contributed by atoms with E-state index in [1.807, 2.05) is 0 Å². The molecule has 0 bridgehead atoms. The number of aromatic amines is 1. The zero-order valence-electron chi connectivity index (χ0n) is 14.0. The highest BCUT2D eigenvalue weighted by molar-refractivity contribution is 5.89. The van der Waals surface area contributed by atoms with Gasteiger partial charge in [-0.05, 0) is 30.7 Å². The van der Waals surface area contributed by atoms with Crippen molar-refractivity contribution in [2.24, 2.45) is 0 Å². The number of aromatic nitrogens is 4. The minimum absolute atomic E-state index is 0.158. The van der Waals surface area contributed by atoms with Crippen LogP contribution >= 0.6 is 0 Å². The van der Waals surface area contributed by atoms with Crippen LogP contribution in [0.1, 0.15) is 22.8 Å². The van der Waals surface area contributed by atoms with E-state index in [1.165, 1.54) is 6.07 Å². The van der Waals surface area contributed by atoms with Crippen LogP contribution < -0.4 is 10.3 Å². The zero-order valence-corrected chi connectivity index (χ0v) is 14.0. The molecule has 0 spiro atoms. The van der Waals surface area contributed by atoms with Crippen LogP contribution in [0.25, 0.3) is 11.6 Å². The van der Waals surface area contributed by atoms with Gasteiger partial charge in [0.2, 0.25) is 5.88 Å². The molecule has 1 aromatic carbocycles. The molecule has 0 unspecified atom stereocenters. The fraction of sp³-hybridized carbons (Fsp3) is 0.167. The van der Waals surface area contributed by atoms with Gasteiger partial charge < -0.3 is 14.5 Å². The Labute approximate surface area is 148 Å². The number of nitrogens with zero attached hydrogens (tertiary/aromatic N) is 3. The van der Waals surface area contributed by atoms with Gasteiger partial charge in [0.25, 0.3) is 5.56 Å². The number of carbonyl (C=O) groups is 1. The van der Waals surface area contributed by atoms with E-state index in [-0.39, 0.29) is 29.8 Å². The summed E-state index contributed by atoms with van der Waals surface area (Å²) in [6.07, 6.45) is 3.11. The van der Waals surface area contributed by atoms with Crippen LogP contribution in [0.15, 0.2) is 53.6 Å². The third-order valence-electron chi connectivity index (χ3n) is 3.35. The topological polar surface area (TPSA) is 107 Å². The van der Waals surface area contributed by atoms with Gasteiger partial charge in [0, 0.05) is 12.4 Å². The van der Waals surface area contributed by atoms with E-state index >= 15 is 0 Å². The van der Waals surface area contributed by atoms with Crippen molar-refractivity contribution in [2.75, 3.05) is 6.61 Å². The summed E-state index contributed by atoms with van der Waals surface area (Å²) >= 11 is 0. The van der Waals surface area contributed by atoms with E-state index in [0.29, 0.717) is 18.0 Å². The normalized spacial score (nSPS) is 10.3. The van der Waals surface area contributed by atoms with Crippen molar-refractivity contribution < 1.29 is 14.3 Å². The molecule has 8 heteroatoms. The Morgan fingerprint density at radius 2 is 1.88 bits per heavy atom. The zero-order chi connectivity index (χ0) is 18.4. The minimum atomic E-state index is -0.372. The Kier molecular flexibility index (Phi) is 5.33. The molecule has 1 N–H and O–H groups in total. The van der Waals surface area contributed by atoms with Gasteiger partial charge >= 0.3 is 5.97 Å². The number of benzene rings is 1. The van der Waals surface area contributed by atoms with Crippen molar-refractivity contribution in [1.82, 2.24) is 19.9 Å². The summed E-state index contributed by atoms with van der Waals surface area (Å²) in [4.78, 5) is 38.3. The van der Waals surface area contributed by atoms with Gasteiger partial charge in [-0.3, -0.25) is 4.79 Å². The maximum absolute atomic E-state index is 11.8. The van der Waals surface area contributed by atoms with Crippen LogP contribution in [-0.4, -0.2) is 32.5 Å². The van der Waals surface area contributed by atoms with Gasteiger partial charge in [-0.15, -0.1) is 0 Å². The molecule has 2 aromatic heterocycles. The molecule has 3 rings (SSSR count). The summed E-state index contributed by atoms with van der Waals surface area (Å²) in [5.41, 5.74) is 0.918. The summed E-state index contributed by atoms with van der Waals surface area (Å²) in [6, 6.07) is 9.74. The number of H-pyrrole nitrogens is 1. The highest BCUT2D eigenvalue weighted by Gasteiger charge is 2.08. The lowest BCUT2D eigenvalue weighted by Gasteiger charge is -2.07. The van der Waals surface area contributed by atoms with E-state index < -0.39 is 0 Å². The molecule has 2 heterocycles. The number of nitrogens with one attached hydrogen (secondary N) is 1. The Morgan fingerprint density at radius 1 is 1.15 bits per heavy atom. The first-order valence-electron chi connectivity index (χ1n) is 7.93. The van der Waals surface area contributed by atoms with Crippen LogP contribution in [0.3, 0.4) is 0 Å². The summed E-state index contributed by atoms with van der Waals surface area (Å²) in [5, 5.41) is 0. The summed E-state index contributed by atoms with van der Waals surface area (Å²) in [5.74, 6) is 0.314. The van der Waals surface area contributed by atoms with Crippen molar-refractivity contribution in [3.05, 3.63) is 70.3 Å². The molecule has 0 amide bonds. The molecule has 0 aliphatic carbocycles. The molecular weight excluding hydrogens is 336 g/mol. The molecule has 8 nitrogen and oxygen atoms in total. The minimum Gasteiger partial charge on any atom is -0.473 e. The molecule has 0 saturated heterocycles. The van der Waals surface area contributed by atoms with Gasteiger partial charge in [-0.2, -0.15) is 4.98 Å². The Balaban J connectivity index is 1.71. The highest BCUT2D eigenvalue weighted by atomic mass is 16.5. The van der Waals surface area contributed by atoms with Gasteiger partial charge in [0.05, 0.1) is 18.2 Å². The average molecular weight is 352 g/mol. The molecular formula is C18H16N4O4. The van der Waals surface area contributed by atoms with Gasteiger partial charge in [-0.25, -0.2) is 14.8 Å². The molecule has 3 aromatic rings. The number of hydrogen-bond acceptors (Lipinski definition) is 7. The van der Waals surface area contributed by atoms with Crippen LogP contribution in [0.4, 0.5) is 0 Å².